The predicted octanol–water partition coefficient (Wildman–Crippen LogP) is 0.774. The molecule has 12 heteroatoms. The fourth-order valence-electron chi connectivity index (χ4n) is 3.43. The predicted molar refractivity (Wildman–Crippen MR) is 113 cm³/mol. The molecule has 0 atom stereocenters. The SMILES string of the molecule is Cc1ccc(-n2c(C(N)=O)nnc2-c2cc(S(=O)(=O)N3CCOCC3)c(O)cc2O)cc1. The molecule has 1 saturated heterocycles. The third-order valence-corrected chi connectivity index (χ3v) is 7.01. The minimum atomic E-state index is -4.09. The number of sulfonamides is 1. The Morgan fingerprint density at radius 1 is 1.06 bits per heavy atom. The molecular weight excluding hydrogens is 438 g/mol. The molecule has 32 heavy (non-hydrogen) atoms. The molecule has 2 heterocycles. The molecule has 4 N–H and O–H groups in total. The van der Waals surface area contributed by atoms with Gasteiger partial charge in [-0.1, -0.05) is 17.7 Å². The first-order valence-electron chi connectivity index (χ1n) is 9.66. The second-order valence-corrected chi connectivity index (χ2v) is 9.14. The second-order valence-electron chi connectivity index (χ2n) is 7.24. The Morgan fingerprint density at radius 2 is 1.72 bits per heavy atom. The van der Waals surface area contributed by atoms with Crippen molar-refractivity contribution in [3.05, 3.63) is 47.8 Å². The number of rotatable bonds is 5. The third-order valence-electron chi connectivity index (χ3n) is 5.08. The van der Waals surface area contributed by atoms with E-state index in [1.165, 1.54) is 8.87 Å². The Hall–Kier alpha value is -3.48. The molecule has 0 aliphatic carbocycles. The number of aromatic hydroxyl groups is 2. The van der Waals surface area contributed by atoms with Gasteiger partial charge >= 0.3 is 0 Å². The lowest BCUT2D eigenvalue weighted by Crippen LogP contribution is -2.40. The van der Waals surface area contributed by atoms with Crippen molar-refractivity contribution in [2.24, 2.45) is 5.73 Å². The van der Waals surface area contributed by atoms with Gasteiger partial charge < -0.3 is 20.7 Å². The van der Waals surface area contributed by atoms with E-state index < -0.39 is 32.3 Å². The van der Waals surface area contributed by atoms with Gasteiger partial charge in [-0.2, -0.15) is 4.31 Å². The average Bonchev–Trinajstić information content (AvgIpc) is 3.20. The number of carbonyl (C=O) groups is 1. The standard InChI is InChI=1S/C20H21N5O6S/c1-12-2-4-13(5-3-12)25-19(22-23-20(25)18(21)28)14-10-17(16(27)11-15(14)26)32(29,30)24-6-8-31-9-7-24/h2-5,10-11,26-27H,6-9H2,1H3,(H2,21,28). The highest BCUT2D eigenvalue weighted by atomic mass is 32.2. The van der Waals surface area contributed by atoms with Crippen molar-refractivity contribution in [1.82, 2.24) is 19.1 Å². The number of phenolic OH excluding ortho intramolecular Hbond substituents is 2. The number of phenols is 2. The largest absolute Gasteiger partial charge is 0.507 e. The van der Waals surface area contributed by atoms with Crippen LogP contribution >= 0.6 is 0 Å². The van der Waals surface area contributed by atoms with Crippen molar-refractivity contribution in [2.45, 2.75) is 11.8 Å². The first-order valence-corrected chi connectivity index (χ1v) is 11.1. The van der Waals surface area contributed by atoms with Crippen LogP contribution in [0, 0.1) is 6.92 Å². The van der Waals surface area contributed by atoms with E-state index in [4.69, 9.17) is 10.5 Å². The summed E-state index contributed by atoms with van der Waals surface area (Å²) in [5, 5.41) is 28.6. The number of hydrogen-bond acceptors (Lipinski definition) is 8. The summed E-state index contributed by atoms with van der Waals surface area (Å²) in [6.45, 7) is 2.61. The van der Waals surface area contributed by atoms with Gasteiger partial charge in [0.15, 0.2) is 5.82 Å². The Morgan fingerprint density at radius 3 is 2.34 bits per heavy atom. The van der Waals surface area contributed by atoms with E-state index in [-0.39, 0.29) is 43.5 Å². The second kappa shape index (κ2) is 8.22. The number of hydrogen-bond donors (Lipinski definition) is 3. The molecule has 0 bridgehead atoms. The molecule has 0 spiro atoms. The van der Waals surface area contributed by atoms with Gasteiger partial charge in [-0.25, -0.2) is 8.42 Å². The number of nitrogens with zero attached hydrogens (tertiary/aromatic N) is 4. The lowest BCUT2D eigenvalue weighted by Gasteiger charge is -2.26. The van der Waals surface area contributed by atoms with Gasteiger partial charge in [0.25, 0.3) is 5.91 Å². The van der Waals surface area contributed by atoms with Crippen LogP contribution in [-0.2, 0) is 14.8 Å². The normalized spacial score (nSPS) is 15.0. The first kappa shape index (κ1) is 21.7. The molecule has 1 aromatic heterocycles. The van der Waals surface area contributed by atoms with Crippen molar-refractivity contribution in [3.63, 3.8) is 0 Å². The summed E-state index contributed by atoms with van der Waals surface area (Å²) < 4.78 is 33.9. The van der Waals surface area contributed by atoms with Crippen LogP contribution in [0.15, 0.2) is 41.3 Å². The highest BCUT2D eigenvalue weighted by Gasteiger charge is 2.31. The highest BCUT2D eigenvalue weighted by molar-refractivity contribution is 7.89. The molecule has 1 amide bonds. The van der Waals surface area contributed by atoms with Crippen LogP contribution in [0.4, 0.5) is 0 Å². The zero-order valence-electron chi connectivity index (χ0n) is 17.1. The molecule has 0 unspecified atom stereocenters. The van der Waals surface area contributed by atoms with E-state index in [0.29, 0.717) is 5.69 Å². The summed E-state index contributed by atoms with van der Waals surface area (Å²) in [7, 11) is -4.09. The highest BCUT2D eigenvalue weighted by Crippen LogP contribution is 2.38. The number of morpholine rings is 1. The van der Waals surface area contributed by atoms with Gasteiger partial charge in [-0.15, -0.1) is 10.2 Å². The summed E-state index contributed by atoms with van der Waals surface area (Å²) in [5.74, 6) is -2.13. The summed E-state index contributed by atoms with van der Waals surface area (Å²) >= 11 is 0. The molecule has 3 aromatic rings. The van der Waals surface area contributed by atoms with Crippen molar-refractivity contribution in [1.29, 1.82) is 0 Å². The molecule has 0 saturated carbocycles. The number of primary amides is 1. The van der Waals surface area contributed by atoms with E-state index >= 15 is 0 Å². The molecule has 11 nitrogen and oxygen atoms in total. The van der Waals surface area contributed by atoms with Crippen LogP contribution in [0.25, 0.3) is 17.1 Å². The fraction of sp³-hybridized carbons (Fsp3) is 0.250. The lowest BCUT2D eigenvalue weighted by molar-refractivity contribution is 0.0729. The Bertz CT molecular complexity index is 1280. The van der Waals surface area contributed by atoms with Gasteiger partial charge in [0.1, 0.15) is 16.4 Å². The van der Waals surface area contributed by atoms with Crippen LogP contribution < -0.4 is 5.73 Å². The van der Waals surface area contributed by atoms with Crippen molar-refractivity contribution in [3.8, 4) is 28.6 Å². The Labute approximate surface area is 183 Å². The van der Waals surface area contributed by atoms with E-state index in [2.05, 4.69) is 10.2 Å². The maximum atomic E-state index is 13.1. The van der Waals surface area contributed by atoms with E-state index in [0.717, 1.165) is 17.7 Å². The van der Waals surface area contributed by atoms with E-state index in [1.807, 2.05) is 6.92 Å². The maximum absolute atomic E-state index is 13.1. The van der Waals surface area contributed by atoms with Crippen molar-refractivity contribution in [2.75, 3.05) is 26.3 Å². The van der Waals surface area contributed by atoms with Crippen molar-refractivity contribution < 1.29 is 28.2 Å². The van der Waals surface area contributed by atoms with Gasteiger partial charge in [-0.3, -0.25) is 9.36 Å². The van der Waals surface area contributed by atoms with Gasteiger partial charge in [-0.05, 0) is 25.1 Å². The lowest BCUT2D eigenvalue weighted by atomic mass is 10.1. The zero-order valence-corrected chi connectivity index (χ0v) is 17.9. The fourth-order valence-corrected chi connectivity index (χ4v) is 4.92. The topological polar surface area (TPSA) is 161 Å². The monoisotopic (exact) mass is 459 g/mol. The van der Waals surface area contributed by atoms with Gasteiger partial charge in [0.2, 0.25) is 15.8 Å². The molecule has 2 aromatic carbocycles. The average molecular weight is 459 g/mol. The number of ether oxygens (including phenoxy) is 1. The molecule has 1 aliphatic rings. The van der Waals surface area contributed by atoms with Crippen LogP contribution in [0.3, 0.4) is 0 Å². The maximum Gasteiger partial charge on any atom is 0.287 e. The van der Waals surface area contributed by atoms with E-state index in [1.54, 1.807) is 24.3 Å². The molecule has 4 rings (SSSR count). The molecule has 168 valence electrons. The van der Waals surface area contributed by atoms with Crippen LogP contribution in [-0.4, -0.2) is 69.9 Å². The number of aromatic nitrogens is 3. The molecule has 1 aliphatic heterocycles. The van der Waals surface area contributed by atoms with Gasteiger partial charge in [0.05, 0.1) is 18.8 Å². The smallest absolute Gasteiger partial charge is 0.287 e. The Balaban J connectivity index is 1.91. The minimum absolute atomic E-state index is 0.0152. The third kappa shape index (κ3) is 3.79. The number of amides is 1. The number of carbonyl (C=O) groups excluding carboxylic acids is 1. The van der Waals surface area contributed by atoms with Gasteiger partial charge in [0, 0.05) is 24.8 Å². The number of benzene rings is 2. The summed E-state index contributed by atoms with van der Waals surface area (Å²) in [6.07, 6.45) is 0. The number of nitrogens with two attached hydrogens (primary N) is 1. The first-order chi connectivity index (χ1) is 15.2. The molecule has 1 fully saturated rings. The van der Waals surface area contributed by atoms with Crippen LogP contribution in [0.5, 0.6) is 11.5 Å². The summed E-state index contributed by atoms with van der Waals surface area (Å²) in [5.41, 5.74) is 6.86. The Kier molecular flexibility index (Phi) is 5.59. The van der Waals surface area contributed by atoms with Crippen molar-refractivity contribution >= 4 is 15.9 Å². The zero-order chi connectivity index (χ0) is 23.0. The quantitative estimate of drug-likeness (QED) is 0.504. The number of aryl methyl sites for hydroxylation is 1. The van der Waals surface area contributed by atoms with Crippen LogP contribution in [0.2, 0.25) is 0 Å². The van der Waals surface area contributed by atoms with E-state index in [9.17, 15) is 23.4 Å². The molecule has 0 radical (unpaired) electrons. The summed E-state index contributed by atoms with van der Waals surface area (Å²) in [6, 6.07) is 9.04. The molecular formula is C20H21N5O6S. The minimum Gasteiger partial charge on any atom is -0.507 e. The van der Waals surface area contributed by atoms with Crippen LogP contribution in [0.1, 0.15) is 16.2 Å². The summed E-state index contributed by atoms with van der Waals surface area (Å²) in [4.78, 5) is 11.5.